The smallest absolute Gasteiger partial charge is 0.321 e. The van der Waals surface area contributed by atoms with E-state index in [1.54, 1.807) is 19.2 Å². The van der Waals surface area contributed by atoms with Crippen molar-refractivity contribution in [3.8, 4) is 40.6 Å². The van der Waals surface area contributed by atoms with Crippen LogP contribution < -0.4 is 33.7 Å². The second kappa shape index (κ2) is 15.3. The summed E-state index contributed by atoms with van der Waals surface area (Å²) in [7, 11) is 1.78. The van der Waals surface area contributed by atoms with E-state index in [2.05, 4.69) is 81.1 Å². The molecule has 0 aromatic heterocycles. The second-order valence-corrected chi connectivity index (χ2v) is 16.0. The molecule has 0 radical (unpaired) electrons. The lowest BCUT2D eigenvalue weighted by atomic mass is 10.1. The van der Waals surface area contributed by atoms with Gasteiger partial charge in [0.2, 0.25) is 0 Å². The van der Waals surface area contributed by atoms with E-state index < -0.39 is 14.3 Å². The van der Waals surface area contributed by atoms with Gasteiger partial charge >= 0.3 is 14.3 Å². The van der Waals surface area contributed by atoms with Gasteiger partial charge in [0.05, 0.1) is 24.2 Å². The number of ether oxygens (including phenoxy) is 5. The van der Waals surface area contributed by atoms with Gasteiger partial charge in [0.25, 0.3) is 0 Å². The summed E-state index contributed by atoms with van der Waals surface area (Å²) in [5.41, 5.74) is 1.15. The van der Waals surface area contributed by atoms with E-state index in [1.807, 2.05) is 52.9 Å². The Labute approximate surface area is 280 Å². The van der Waals surface area contributed by atoms with E-state index in [-0.39, 0.29) is 22.0 Å². The summed E-state index contributed by atoms with van der Waals surface area (Å²) in [6, 6.07) is 29.8. The van der Waals surface area contributed by atoms with E-state index in [0.29, 0.717) is 34.1 Å². The molecule has 0 atom stereocenters. The van der Waals surface area contributed by atoms with Crippen LogP contribution in [0.2, 0.25) is 5.04 Å². The minimum absolute atomic E-state index is 0.00315. The molecule has 0 bridgehead atoms. The SMILES string of the molecule is COCOc1cc(OC(=O)CI)c(C#Cc2ccc(O[Si](c3ccccc3)(c3ccccc3)C(C)(C)C)c(OC)c2)cc1OC. The van der Waals surface area contributed by atoms with Crippen LogP contribution in [0.15, 0.2) is 91.0 Å². The molecule has 0 spiro atoms. The van der Waals surface area contributed by atoms with Gasteiger partial charge in [-0.3, -0.25) is 4.79 Å². The van der Waals surface area contributed by atoms with Crippen molar-refractivity contribution < 1.29 is 32.9 Å². The zero-order chi connectivity index (χ0) is 32.5. The van der Waals surface area contributed by atoms with Gasteiger partial charge in [0.15, 0.2) is 24.0 Å². The summed E-state index contributed by atoms with van der Waals surface area (Å²) >= 11 is 1.95. The highest BCUT2D eigenvalue weighted by Crippen LogP contribution is 2.40. The molecule has 4 aromatic rings. The summed E-state index contributed by atoms with van der Waals surface area (Å²) in [6.07, 6.45) is 0. The Morgan fingerprint density at radius 1 is 0.733 bits per heavy atom. The van der Waals surface area contributed by atoms with E-state index in [0.717, 1.165) is 10.4 Å². The van der Waals surface area contributed by atoms with E-state index in [9.17, 15) is 4.79 Å². The highest BCUT2D eigenvalue weighted by molar-refractivity contribution is 14.1. The molecule has 4 aromatic carbocycles. The Morgan fingerprint density at radius 3 is 1.87 bits per heavy atom. The summed E-state index contributed by atoms with van der Waals surface area (Å²) in [5, 5.41) is 2.11. The molecular formula is C36H37IO7Si. The standard InChI is InChI=1S/C36H37IO7Si/c1-36(2,3)45(28-13-9-7-10-14-28,29-15-11-8-12-16-29)44-30-20-18-26(21-32(30)40-5)17-19-27-22-33(41-6)34(42-25-39-4)23-31(27)43-35(38)24-37/h7-16,18,20-23H,24-25H2,1-6H3. The fourth-order valence-corrected chi connectivity index (χ4v) is 9.64. The minimum Gasteiger partial charge on any atom is -0.531 e. The first-order chi connectivity index (χ1) is 21.7. The topological polar surface area (TPSA) is 72.5 Å². The molecule has 0 fully saturated rings. The molecule has 0 saturated carbocycles. The van der Waals surface area contributed by atoms with Crippen molar-refractivity contribution in [2.24, 2.45) is 0 Å². The minimum atomic E-state index is -2.88. The number of methoxy groups -OCH3 is 3. The number of halogens is 1. The fourth-order valence-electron chi connectivity index (χ4n) is 5.05. The predicted octanol–water partition coefficient (Wildman–Crippen LogP) is 6.37. The van der Waals surface area contributed by atoms with E-state index in [4.69, 9.17) is 28.1 Å². The summed E-state index contributed by atoms with van der Waals surface area (Å²) in [4.78, 5) is 12.2. The average Bonchev–Trinajstić information content (AvgIpc) is 3.06. The van der Waals surface area contributed by atoms with Crippen molar-refractivity contribution in [2.45, 2.75) is 25.8 Å². The Balaban J connectivity index is 1.78. The lowest BCUT2D eigenvalue weighted by Crippen LogP contribution is -2.68. The molecule has 0 aliphatic carbocycles. The van der Waals surface area contributed by atoms with Crippen molar-refractivity contribution in [1.29, 1.82) is 0 Å². The molecule has 4 rings (SSSR count). The highest BCUT2D eigenvalue weighted by Gasteiger charge is 2.52. The maximum Gasteiger partial charge on any atom is 0.321 e. The predicted molar refractivity (Wildman–Crippen MR) is 187 cm³/mol. The molecular weight excluding hydrogens is 699 g/mol. The lowest BCUT2D eigenvalue weighted by Gasteiger charge is -2.43. The molecule has 45 heavy (non-hydrogen) atoms. The van der Waals surface area contributed by atoms with Crippen LogP contribution in [-0.2, 0) is 9.53 Å². The third-order valence-electron chi connectivity index (χ3n) is 7.12. The van der Waals surface area contributed by atoms with Gasteiger partial charge in [0.1, 0.15) is 11.5 Å². The molecule has 0 N–H and O–H groups in total. The first kappa shape index (κ1) is 33.9. The number of alkyl halides is 1. The third kappa shape index (κ3) is 7.82. The van der Waals surface area contributed by atoms with Gasteiger partial charge in [-0.25, -0.2) is 0 Å². The van der Waals surface area contributed by atoms with Gasteiger partial charge in [-0.15, -0.1) is 0 Å². The lowest BCUT2D eigenvalue weighted by molar-refractivity contribution is -0.131. The fraction of sp³-hybridized carbons (Fsp3) is 0.250. The molecule has 0 aliphatic rings. The van der Waals surface area contributed by atoms with Gasteiger partial charge < -0.3 is 28.1 Å². The molecule has 0 heterocycles. The van der Waals surface area contributed by atoms with Crippen LogP contribution in [0.5, 0.6) is 28.7 Å². The number of carbonyl (C=O) groups is 1. The van der Waals surface area contributed by atoms with Crippen LogP contribution in [0.3, 0.4) is 0 Å². The highest BCUT2D eigenvalue weighted by atomic mass is 127. The van der Waals surface area contributed by atoms with Crippen molar-refractivity contribution >= 4 is 47.3 Å². The Kier molecular flexibility index (Phi) is 11.6. The van der Waals surface area contributed by atoms with Crippen molar-refractivity contribution in [1.82, 2.24) is 0 Å². The molecule has 9 heteroatoms. The molecule has 0 saturated heterocycles. The Bertz CT molecular complexity index is 1620. The van der Waals surface area contributed by atoms with Gasteiger partial charge in [-0.1, -0.05) is 116 Å². The Morgan fingerprint density at radius 2 is 1.33 bits per heavy atom. The number of benzene rings is 4. The van der Waals surface area contributed by atoms with Crippen LogP contribution in [0.1, 0.15) is 31.9 Å². The van der Waals surface area contributed by atoms with Gasteiger partial charge in [-0.2, -0.15) is 0 Å². The third-order valence-corrected chi connectivity index (χ3v) is 12.7. The van der Waals surface area contributed by atoms with Crippen molar-refractivity contribution in [3.63, 3.8) is 0 Å². The average molecular weight is 737 g/mol. The van der Waals surface area contributed by atoms with E-state index >= 15 is 0 Å². The summed E-state index contributed by atoms with van der Waals surface area (Å²) in [5.74, 6) is 8.15. The first-order valence-electron chi connectivity index (χ1n) is 14.3. The molecule has 0 unspecified atom stereocenters. The zero-order valence-electron chi connectivity index (χ0n) is 26.3. The van der Waals surface area contributed by atoms with Crippen LogP contribution in [0.4, 0.5) is 0 Å². The summed E-state index contributed by atoms with van der Waals surface area (Å²) < 4.78 is 34.9. The number of hydrogen-bond donors (Lipinski definition) is 0. The van der Waals surface area contributed by atoms with Crippen molar-refractivity contribution in [3.05, 3.63) is 102 Å². The zero-order valence-corrected chi connectivity index (χ0v) is 29.5. The molecule has 0 amide bonds. The number of esters is 1. The Hall–Kier alpha value is -3.98. The number of hydrogen-bond acceptors (Lipinski definition) is 7. The van der Waals surface area contributed by atoms with Crippen LogP contribution >= 0.6 is 22.6 Å². The monoisotopic (exact) mass is 736 g/mol. The van der Waals surface area contributed by atoms with Gasteiger partial charge in [-0.05, 0) is 33.6 Å². The summed E-state index contributed by atoms with van der Waals surface area (Å²) in [6.45, 7) is 6.69. The quantitative estimate of drug-likeness (QED) is 0.0338. The number of carbonyl (C=O) groups excluding carboxylic acids is 1. The van der Waals surface area contributed by atoms with Crippen LogP contribution in [0.25, 0.3) is 0 Å². The molecule has 0 aliphatic heterocycles. The second-order valence-electron chi connectivity index (χ2n) is 11.0. The first-order valence-corrected chi connectivity index (χ1v) is 17.7. The molecule has 7 nitrogen and oxygen atoms in total. The maximum absolute atomic E-state index is 12.2. The van der Waals surface area contributed by atoms with Crippen LogP contribution in [0, 0.1) is 11.8 Å². The van der Waals surface area contributed by atoms with Crippen molar-refractivity contribution in [2.75, 3.05) is 32.5 Å². The van der Waals surface area contributed by atoms with Crippen LogP contribution in [-0.4, -0.2) is 46.8 Å². The largest absolute Gasteiger partial charge is 0.531 e. The maximum atomic E-state index is 12.2. The van der Waals surface area contributed by atoms with E-state index in [1.165, 1.54) is 14.2 Å². The van der Waals surface area contributed by atoms with Gasteiger partial charge in [0, 0.05) is 24.8 Å². The number of rotatable bonds is 11. The normalized spacial score (nSPS) is 11.2. The molecule has 234 valence electrons.